The lowest BCUT2D eigenvalue weighted by Gasteiger charge is -2.31. The maximum absolute atomic E-state index is 12.8. The number of carbonyl (C=O) groups excluding carboxylic acids is 1. The van der Waals surface area contributed by atoms with Crippen molar-refractivity contribution in [2.24, 2.45) is 5.92 Å². The number of piperidine rings is 1. The highest BCUT2D eigenvalue weighted by molar-refractivity contribution is 5.93. The van der Waals surface area contributed by atoms with Crippen LogP contribution >= 0.6 is 0 Å². The molecular weight excluding hydrogens is 364 g/mol. The zero-order valence-electron chi connectivity index (χ0n) is 16.4. The fourth-order valence-electron chi connectivity index (χ4n) is 3.65. The van der Waals surface area contributed by atoms with Gasteiger partial charge in [0.05, 0.1) is 13.3 Å². The molecule has 0 spiro atoms. The van der Waals surface area contributed by atoms with Crippen LogP contribution in [0.25, 0.3) is 11.1 Å². The number of hydrogen-bond donors (Lipinski definition) is 1. The highest BCUT2D eigenvalue weighted by atomic mass is 16.5. The molecule has 1 aliphatic heterocycles. The van der Waals surface area contributed by atoms with Crippen LogP contribution in [0.3, 0.4) is 0 Å². The van der Waals surface area contributed by atoms with Crippen molar-refractivity contribution in [3.8, 4) is 16.9 Å². The molecule has 1 fully saturated rings. The van der Waals surface area contributed by atoms with E-state index in [1.807, 2.05) is 48.5 Å². The van der Waals surface area contributed by atoms with Gasteiger partial charge in [-0.05, 0) is 48.2 Å². The highest BCUT2D eigenvalue weighted by Gasteiger charge is 2.25. The van der Waals surface area contributed by atoms with Gasteiger partial charge in [-0.2, -0.15) is 0 Å². The Hall–Kier alpha value is -3.41. The van der Waals surface area contributed by atoms with Crippen LogP contribution < -0.4 is 15.0 Å². The summed E-state index contributed by atoms with van der Waals surface area (Å²) in [5.74, 6) is 1.76. The lowest BCUT2D eigenvalue weighted by atomic mass is 9.95. The van der Waals surface area contributed by atoms with Crippen LogP contribution in [0.4, 0.5) is 11.5 Å². The van der Waals surface area contributed by atoms with Gasteiger partial charge < -0.3 is 15.0 Å². The largest absolute Gasteiger partial charge is 0.497 e. The minimum atomic E-state index is 0.00315. The minimum Gasteiger partial charge on any atom is -0.497 e. The van der Waals surface area contributed by atoms with Gasteiger partial charge in [-0.15, -0.1) is 0 Å². The van der Waals surface area contributed by atoms with Crippen molar-refractivity contribution < 1.29 is 9.53 Å². The maximum atomic E-state index is 12.8. The van der Waals surface area contributed by atoms with E-state index in [-0.39, 0.29) is 11.8 Å². The number of ether oxygens (including phenoxy) is 1. The topological polar surface area (TPSA) is 67.3 Å². The molecule has 0 saturated carbocycles. The number of methoxy groups -OCH3 is 1. The summed E-state index contributed by atoms with van der Waals surface area (Å²) in [6, 6.07) is 15.8. The molecule has 1 aliphatic rings. The van der Waals surface area contributed by atoms with Crippen molar-refractivity contribution in [2.75, 3.05) is 30.4 Å². The summed E-state index contributed by atoms with van der Waals surface area (Å²) in [4.78, 5) is 23.4. The molecule has 1 saturated heterocycles. The van der Waals surface area contributed by atoms with Gasteiger partial charge in [0.25, 0.3) is 0 Å². The Labute approximate surface area is 170 Å². The first-order valence-electron chi connectivity index (χ1n) is 9.79. The van der Waals surface area contributed by atoms with E-state index in [1.54, 1.807) is 25.7 Å². The van der Waals surface area contributed by atoms with E-state index in [9.17, 15) is 4.79 Å². The molecule has 0 atom stereocenters. The Bertz CT molecular complexity index is 969. The Balaban J connectivity index is 1.39. The van der Waals surface area contributed by atoms with Gasteiger partial charge in [-0.25, -0.2) is 4.98 Å². The number of rotatable bonds is 5. The summed E-state index contributed by atoms with van der Waals surface area (Å²) in [5, 5.41) is 3.09. The van der Waals surface area contributed by atoms with Crippen LogP contribution in [0.15, 0.2) is 67.1 Å². The number of anilines is 2. The summed E-state index contributed by atoms with van der Waals surface area (Å²) in [7, 11) is 1.66. The smallest absolute Gasteiger partial charge is 0.227 e. The average molecular weight is 388 g/mol. The maximum Gasteiger partial charge on any atom is 0.227 e. The van der Waals surface area contributed by atoms with E-state index >= 15 is 0 Å². The number of hydrogen-bond acceptors (Lipinski definition) is 5. The first-order chi connectivity index (χ1) is 14.2. The normalized spacial score (nSPS) is 14.4. The van der Waals surface area contributed by atoms with Crippen LogP contribution in [-0.2, 0) is 4.79 Å². The highest BCUT2D eigenvalue weighted by Crippen LogP contribution is 2.27. The zero-order chi connectivity index (χ0) is 20.1. The monoisotopic (exact) mass is 388 g/mol. The molecule has 1 amide bonds. The molecule has 4 rings (SSSR count). The van der Waals surface area contributed by atoms with Crippen molar-refractivity contribution in [1.82, 2.24) is 9.97 Å². The molecular formula is C23H24N4O2. The second kappa shape index (κ2) is 8.73. The molecule has 0 unspecified atom stereocenters. The van der Waals surface area contributed by atoms with Gasteiger partial charge in [0.15, 0.2) is 0 Å². The fraction of sp³-hybridized carbons (Fsp3) is 0.261. The van der Waals surface area contributed by atoms with Crippen molar-refractivity contribution >= 4 is 17.4 Å². The van der Waals surface area contributed by atoms with Gasteiger partial charge in [0.1, 0.15) is 11.6 Å². The van der Waals surface area contributed by atoms with Crippen molar-refractivity contribution in [1.29, 1.82) is 0 Å². The minimum absolute atomic E-state index is 0.00315. The predicted octanol–water partition coefficient (Wildman–Crippen LogP) is 4.01. The quantitative estimate of drug-likeness (QED) is 0.715. The van der Waals surface area contributed by atoms with E-state index < -0.39 is 0 Å². The van der Waals surface area contributed by atoms with Gasteiger partial charge in [0.2, 0.25) is 5.91 Å². The molecule has 1 aromatic heterocycles. The third-order valence-electron chi connectivity index (χ3n) is 5.27. The molecule has 6 nitrogen and oxygen atoms in total. The molecule has 3 aromatic rings. The fourth-order valence-corrected chi connectivity index (χ4v) is 3.65. The molecule has 1 N–H and O–H groups in total. The summed E-state index contributed by atoms with van der Waals surface area (Å²) in [5.41, 5.74) is 2.91. The molecule has 2 heterocycles. The van der Waals surface area contributed by atoms with Crippen LogP contribution in [0.5, 0.6) is 5.75 Å². The van der Waals surface area contributed by atoms with Gasteiger partial charge in [-0.3, -0.25) is 9.78 Å². The second-order valence-corrected chi connectivity index (χ2v) is 7.13. The number of nitrogens with one attached hydrogen (secondary N) is 1. The SMILES string of the molecule is COc1cccc(-c2cccc(NC(=O)C3CCN(c4cnccn4)CC3)c2)c1. The molecule has 6 heteroatoms. The first-order valence-corrected chi connectivity index (χ1v) is 9.79. The Kier molecular flexibility index (Phi) is 5.70. The van der Waals surface area contributed by atoms with E-state index in [4.69, 9.17) is 4.74 Å². The van der Waals surface area contributed by atoms with Crippen LogP contribution in [0.1, 0.15) is 12.8 Å². The average Bonchev–Trinajstić information content (AvgIpc) is 2.80. The summed E-state index contributed by atoms with van der Waals surface area (Å²) >= 11 is 0. The Morgan fingerprint density at radius 3 is 2.55 bits per heavy atom. The molecule has 29 heavy (non-hydrogen) atoms. The summed E-state index contributed by atoms with van der Waals surface area (Å²) in [6.07, 6.45) is 6.74. The van der Waals surface area contributed by atoms with Gasteiger partial charge in [-0.1, -0.05) is 24.3 Å². The van der Waals surface area contributed by atoms with Crippen LogP contribution in [0.2, 0.25) is 0 Å². The Morgan fingerprint density at radius 2 is 1.83 bits per heavy atom. The third-order valence-corrected chi connectivity index (χ3v) is 5.27. The number of nitrogens with zero attached hydrogens (tertiary/aromatic N) is 3. The van der Waals surface area contributed by atoms with E-state index in [1.165, 1.54) is 0 Å². The molecule has 0 radical (unpaired) electrons. The summed E-state index contributed by atoms with van der Waals surface area (Å²) < 4.78 is 5.31. The lowest BCUT2D eigenvalue weighted by molar-refractivity contribution is -0.120. The van der Waals surface area contributed by atoms with Crippen molar-refractivity contribution in [3.05, 3.63) is 67.1 Å². The number of benzene rings is 2. The van der Waals surface area contributed by atoms with Crippen molar-refractivity contribution in [3.63, 3.8) is 0 Å². The third kappa shape index (κ3) is 4.54. The lowest BCUT2D eigenvalue weighted by Crippen LogP contribution is -2.38. The van der Waals surface area contributed by atoms with Gasteiger partial charge >= 0.3 is 0 Å². The van der Waals surface area contributed by atoms with E-state index in [0.717, 1.165) is 54.3 Å². The molecule has 0 bridgehead atoms. The molecule has 148 valence electrons. The van der Waals surface area contributed by atoms with Crippen LogP contribution in [-0.4, -0.2) is 36.1 Å². The standard InChI is InChI=1S/C23H24N4O2/c1-29-21-7-3-5-19(15-21)18-4-2-6-20(14-18)26-23(28)17-8-12-27(13-9-17)22-16-24-10-11-25-22/h2-7,10-11,14-17H,8-9,12-13H2,1H3,(H,26,28). The van der Waals surface area contributed by atoms with Gasteiger partial charge in [0, 0.05) is 37.1 Å². The first kappa shape index (κ1) is 18.9. The molecule has 0 aliphatic carbocycles. The number of carbonyl (C=O) groups is 1. The Morgan fingerprint density at radius 1 is 1.07 bits per heavy atom. The van der Waals surface area contributed by atoms with Crippen LogP contribution in [0, 0.1) is 5.92 Å². The zero-order valence-corrected chi connectivity index (χ0v) is 16.4. The van der Waals surface area contributed by atoms with E-state index in [0.29, 0.717) is 0 Å². The molecule has 2 aromatic carbocycles. The number of amides is 1. The number of aromatic nitrogens is 2. The predicted molar refractivity (Wildman–Crippen MR) is 114 cm³/mol. The van der Waals surface area contributed by atoms with E-state index in [2.05, 4.69) is 20.2 Å². The van der Waals surface area contributed by atoms with Crippen molar-refractivity contribution in [2.45, 2.75) is 12.8 Å². The second-order valence-electron chi connectivity index (χ2n) is 7.13. The summed E-state index contributed by atoms with van der Waals surface area (Å²) in [6.45, 7) is 1.61.